The van der Waals surface area contributed by atoms with Crippen molar-refractivity contribution in [2.75, 3.05) is 19.1 Å². The van der Waals surface area contributed by atoms with Crippen molar-refractivity contribution in [1.82, 2.24) is 0 Å². The minimum absolute atomic E-state index is 0.0461. The fourth-order valence-corrected chi connectivity index (χ4v) is 4.49. The molecular formula is C28H23ClN2O2. The number of nitrogens with zero attached hydrogens (tertiary/aromatic N) is 2. The number of halogens is 1. The van der Waals surface area contributed by atoms with Gasteiger partial charge in [0.15, 0.2) is 0 Å². The van der Waals surface area contributed by atoms with Gasteiger partial charge in [-0.2, -0.15) is 0 Å². The van der Waals surface area contributed by atoms with Crippen molar-refractivity contribution in [3.05, 3.63) is 107 Å². The molecule has 0 saturated carbocycles. The van der Waals surface area contributed by atoms with E-state index in [0.29, 0.717) is 11.4 Å². The molecule has 33 heavy (non-hydrogen) atoms. The van der Waals surface area contributed by atoms with Gasteiger partial charge in [-0.3, -0.25) is 9.79 Å². The third-order valence-electron chi connectivity index (χ3n) is 6.08. The zero-order chi connectivity index (χ0) is 22.9. The third-order valence-corrected chi connectivity index (χ3v) is 6.32. The second-order valence-corrected chi connectivity index (χ2v) is 8.60. The fourth-order valence-electron chi connectivity index (χ4n) is 4.31. The minimum atomic E-state index is -0.556. The SMILES string of the molecule is COc1ccc(C2=NC(Cc3ccc4ccccc4c3)C(=O)N(C)c3ccc(Cl)cc32)cc1. The maximum Gasteiger partial charge on any atom is 0.251 e. The molecule has 1 aliphatic rings. The van der Waals surface area contributed by atoms with E-state index in [4.69, 9.17) is 21.3 Å². The van der Waals surface area contributed by atoms with Crippen molar-refractivity contribution in [2.45, 2.75) is 12.5 Å². The number of likely N-dealkylation sites (N-methyl/N-ethyl adjacent to an activating group) is 1. The van der Waals surface area contributed by atoms with Gasteiger partial charge >= 0.3 is 0 Å². The Labute approximate surface area is 198 Å². The summed E-state index contributed by atoms with van der Waals surface area (Å²) < 4.78 is 5.32. The predicted molar refractivity (Wildman–Crippen MR) is 135 cm³/mol. The number of methoxy groups -OCH3 is 1. The lowest BCUT2D eigenvalue weighted by Crippen LogP contribution is -2.36. The second-order valence-electron chi connectivity index (χ2n) is 8.17. The molecule has 0 fully saturated rings. The highest BCUT2D eigenvalue weighted by Gasteiger charge is 2.30. The van der Waals surface area contributed by atoms with Gasteiger partial charge in [-0.05, 0) is 58.8 Å². The van der Waals surface area contributed by atoms with Crippen LogP contribution < -0.4 is 9.64 Å². The van der Waals surface area contributed by atoms with Crippen LogP contribution in [0, 0.1) is 0 Å². The topological polar surface area (TPSA) is 41.9 Å². The number of hydrogen-bond acceptors (Lipinski definition) is 3. The van der Waals surface area contributed by atoms with Gasteiger partial charge in [-0.15, -0.1) is 0 Å². The maximum absolute atomic E-state index is 13.5. The number of carbonyl (C=O) groups is 1. The number of fused-ring (bicyclic) bond motifs is 2. The highest BCUT2D eigenvalue weighted by atomic mass is 35.5. The molecule has 0 aromatic heterocycles. The molecule has 1 aliphatic heterocycles. The highest BCUT2D eigenvalue weighted by molar-refractivity contribution is 6.32. The number of benzodiazepines with no additional fused rings is 1. The smallest absolute Gasteiger partial charge is 0.251 e. The monoisotopic (exact) mass is 454 g/mol. The van der Waals surface area contributed by atoms with E-state index in [0.717, 1.165) is 39.2 Å². The quantitative estimate of drug-likeness (QED) is 0.383. The molecule has 0 spiro atoms. The van der Waals surface area contributed by atoms with Crippen LogP contribution in [0.15, 0.2) is 89.9 Å². The lowest BCUT2D eigenvalue weighted by Gasteiger charge is -2.20. The number of amides is 1. The molecule has 0 N–H and O–H groups in total. The first-order valence-electron chi connectivity index (χ1n) is 10.8. The van der Waals surface area contributed by atoms with E-state index in [1.807, 2.05) is 48.5 Å². The summed E-state index contributed by atoms with van der Waals surface area (Å²) in [4.78, 5) is 20.2. The molecular weight excluding hydrogens is 432 g/mol. The van der Waals surface area contributed by atoms with Gasteiger partial charge in [0.05, 0.1) is 18.5 Å². The summed E-state index contributed by atoms with van der Waals surface area (Å²) in [6, 6.07) is 27.3. The van der Waals surface area contributed by atoms with E-state index in [-0.39, 0.29) is 5.91 Å². The Bertz CT molecular complexity index is 1380. The number of benzene rings is 4. The summed E-state index contributed by atoms with van der Waals surface area (Å²) >= 11 is 6.36. The first kappa shape index (κ1) is 21.2. The largest absolute Gasteiger partial charge is 0.497 e. The molecule has 1 amide bonds. The summed E-state index contributed by atoms with van der Waals surface area (Å²) in [7, 11) is 3.44. The van der Waals surface area contributed by atoms with Crippen molar-refractivity contribution >= 4 is 39.7 Å². The molecule has 0 saturated heterocycles. The summed E-state index contributed by atoms with van der Waals surface area (Å²) in [6.45, 7) is 0. The molecule has 1 heterocycles. The number of carbonyl (C=O) groups excluding carboxylic acids is 1. The number of rotatable bonds is 4. The van der Waals surface area contributed by atoms with Crippen LogP contribution in [0.3, 0.4) is 0 Å². The van der Waals surface area contributed by atoms with Crippen LogP contribution in [-0.4, -0.2) is 31.8 Å². The van der Waals surface area contributed by atoms with Crippen LogP contribution >= 0.6 is 11.6 Å². The molecule has 4 nitrogen and oxygen atoms in total. The van der Waals surface area contributed by atoms with Crippen LogP contribution in [0.2, 0.25) is 5.02 Å². The maximum atomic E-state index is 13.5. The number of hydrogen-bond donors (Lipinski definition) is 0. The Morgan fingerprint density at radius 1 is 0.939 bits per heavy atom. The summed E-state index contributed by atoms with van der Waals surface area (Å²) in [5, 5.41) is 2.93. The predicted octanol–water partition coefficient (Wildman–Crippen LogP) is 5.93. The lowest BCUT2D eigenvalue weighted by molar-refractivity contribution is -0.119. The van der Waals surface area contributed by atoms with E-state index < -0.39 is 6.04 Å². The summed E-state index contributed by atoms with van der Waals surface area (Å²) in [5.41, 5.74) is 4.36. The first-order valence-corrected chi connectivity index (χ1v) is 11.2. The Morgan fingerprint density at radius 3 is 2.45 bits per heavy atom. The zero-order valence-electron chi connectivity index (χ0n) is 18.5. The van der Waals surface area contributed by atoms with Gasteiger partial charge in [-0.1, -0.05) is 54.1 Å². The minimum Gasteiger partial charge on any atom is -0.497 e. The van der Waals surface area contributed by atoms with E-state index in [2.05, 4.69) is 30.3 Å². The van der Waals surface area contributed by atoms with Crippen LogP contribution in [0.4, 0.5) is 5.69 Å². The molecule has 0 aliphatic carbocycles. The first-order chi connectivity index (χ1) is 16.0. The number of ether oxygens (including phenoxy) is 1. The number of anilines is 1. The van der Waals surface area contributed by atoms with Crippen molar-refractivity contribution in [3.8, 4) is 5.75 Å². The van der Waals surface area contributed by atoms with E-state index in [1.165, 1.54) is 5.39 Å². The van der Waals surface area contributed by atoms with Crippen LogP contribution in [0.5, 0.6) is 5.75 Å². The van der Waals surface area contributed by atoms with Crippen molar-refractivity contribution in [3.63, 3.8) is 0 Å². The van der Waals surface area contributed by atoms with Gasteiger partial charge in [0.1, 0.15) is 11.8 Å². The van der Waals surface area contributed by atoms with Crippen LogP contribution in [-0.2, 0) is 11.2 Å². The Kier molecular flexibility index (Phi) is 5.61. The normalized spacial score (nSPS) is 15.7. The molecule has 5 rings (SSSR count). The lowest BCUT2D eigenvalue weighted by atomic mass is 9.99. The second kappa shape index (κ2) is 8.72. The average molecular weight is 455 g/mol. The van der Waals surface area contributed by atoms with E-state index in [1.54, 1.807) is 25.1 Å². The molecule has 4 aromatic rings. The van der Waals surface area contributed by atoms with Gasteiger partial charge in [0.25, 0.3) is 5.91 Å². The highest BCUT2D eigenvalue weighted by Crippen LogP contribution is 2.31. The zero-order valence-corrected chi connectivity index (χ0v) is 19.2. The van der Waals surface area contributed by atoms with Gasteiger partial charge in [-0.25, -0.2) is 0 Å². The molecule has 0 radical (unpaired) electrons. The van der Waals surface area contributed by atoms with E-state index in [9.17, 15) is 4.79 Å². The van der Waals surface area contributed by atoms with Gasteiger partial charge in [0, 0.05) is 29.6 Å². The van der Waals surface area contributed by atoms with Crippen molar-refractivity contribution in [1.29, 1.82) is 0 Å². The average Bonchev–Trinajstić information content (AvgIpc) is 2.94. The Morgan fingerprint density at radius 2 is 1.70 bits per heavy atom. The molecule has 4 aromatic carbocycles. The summed E-state index contributed by atoms with van der Waals surface area (Å²) in [6.07, 6.45) is 0.509. The molecule has 0 bridgehead atoms. The molecule has 164 valence electrons. The Balaban J connectivity index is 1.62. The molecule has 5 heteroatoms. The molecule has 1 unspecified atom stereocenters. The van der Waals surface area contributed by atoms with Crippen molar-refractivity contribution in [2.24, 2.45) is 4.99 Å². The van der Waals surface area contributed by atoms with Crippen molar-refractivity contribution < 1.29 is 9.53 Å². The van der Waals surface area contributed by atoms with Crippen LogP contribution in [0.25, 0.3) is 10.8 Å². The Hall–Kier alpha value is -3.63. The fraction of sp³-hybridized carbons (Fsp3) is 0.143. The van der Waals surface area contributed by atoms with Gasteiger partial charge in [0.2, 0.25) is 0 Å². The van der Waals surface area contributed by atoms with Gasteiger partial charge < -0.3 is 9.64 Å². The summed E-state index contributed by atoms with van der Waals surface area (Å²) in [5.74, 6) is 0.718. The third kappa shape index (κ3) is 4.10. The number of aliphatic imine (C=N–C) groups is 1. The standard InChI is InChI=1S/C28H23ClN2O2/c1-31-26-14-11-22(29)17-24(26)27(20-9-12-23(33-2)13-10-20)30-25(28(31)32)16-18-7-8-19-5-3-4-6-21(19)15-18/h3-15,17,25H,16H2,1-2H3. The van der Waals surface area contributed by atoms with Crippen LogP contribution in [0.1, 0.15) is 16.7 Å². The van der Waals surface area contributed by atoms with E-state index >= 15 is 0 Å². The molecule has 1 atom stereocenters.